The van der Waals surface area contributed by atoms with Crippen LogP contribution in [0.3, 0.4) is 0 Å². The molecule has 0 saturated carbocycles. The number of thioether (sulfide) groups is 1. The van der Waals surface area contributed by atoms with E-state index < -0.39 is 10.0 Å². The maximum Gasteiger partial charge on any atom is 0.246 e. The van der Waals surface area contributed by atoms with Crippen molar-refractivity contribution in [3.8, 4) is 0 Å². The summed E-state index contributed by atoms with van der Waals surface area (Å²) in [7, 11) is -3.43. The molecule has 0 unspecified atom stereocenters. The highest BCUT2D eigenvalue weighted by Crippen LogP contribution is 2.25. The first-order chi connectivity index (χ1) is 8.98. The molecule has 0 atom stereocenters. The summed E-state index contributed by atoms with van der Waals surface area (Å²) in [5.74, 6) is 1.71. The van der Waals surface area contributed by atoms with Gasteiger partial charge in [-0.25, -0.2) is 8.42 Å². The summed E-state index contributed by atoms with van der Waals surface area (Å²) >= 11 is 1.79. The zero-order valence-electron chi connectivity index (χ0n) is 11.3. The summed E-state index contributed by atoms with van der Waals surface area (Å²) in [6.07, 6.45) is 0. The van der Waals surface area contributed by atoms with Gasteiger partial charge in [0.1, 0.15) is 4.90 Å². The van der Waals surface area contributed by atoms with Gasteiger partial charge in [-0.1, -0.05) is 0 Å². The number of hydrogen-bond donors (Lipinski definition) is 1. The summed E-state index contributed by atoms with van der Waals surface area (Å²) in [5.41, 5.74) is 6.76. The van der Waals surface area contributed by atoms with E-state index in [0.717, 1.165) is 11.5 Å². The lowest BCUT2D eigenvalue weighted by molar-refractivity contribution is 0.442. The van der Waals surface area contributed by atoms with Crippen LogP contribution in [0.5, 0.6) is 0 Å². The van der Waals surface area contributed by atoms with E-state index in [9.17, 15) is 8.42 Å². The Morgan fingerprint density at radius 3 is 2.53 bits per heavy atom. The molecule has 0 radical (unpaired) electrons. The second-order valence-corrected chi connectivity index (χ2v) is 7.63. The highest BCUT2D eigenvalue weighted by molar-refractivity contribution is 7.99. The summed E-state index contributed by atoms with van der Waals surface area (Å²) < 4.78 is 28.6. The zero-order chi connectivity index (χ0) is 14.0. The average Bonchev–Trinajstić information content (AvgIpc) is 2.66. The van der Waals surface area contributed by atoms with Crippen LogP contribution >= 0.6 is 11.8 Å². The Morgan fingerprint density at radius 2 is 1.95 bits per heavy atom. The maximum atomic E-state index is 12.7. The van der Waals surface area contributed by atoms with Gasteiger partial charge in [-0.3, -0.25) is 4.68 Å². The highest BCUT2D eigenvalue weighted by Gasteiger charge is 2.31. The van der Waals surface area contributed by atoms with Gasteiger partial charge in [0.15, 0.2) is 0 Å². The lowest BCUT2D eigenvalue weighted by Gasteiger charge is -2.25. The van der Waals surface area contributed by atoms with Crippen LogP contribution < -0.4 is 5.73 Å². The molecule has 0 bridgehead atoms. The normalized spacial score (nSPS) is 17.8. The zero-order valence-corrected chi connectivity index (χ0v) is 12.9. The van der Waals surface area contributed by atoms with Crippen molar-refractivity contribution >= 4 is 21.8 Å². The van der Waals surface area contributed by atoms with Crippen LogP contribution in [0, 0.1) is 13.8 Å². The van der Waals surface area contributed by atoms with Crippen molar-refractivity contribution in [2.24, 2.45) is 5.73 Å². The van der Waals surface area contributed by atoms with Crippen molar-refractivity contribution in [3.05, 3.63) is 11.4 Å². The maximum absolute atomic E-state index is 12.7. The number of aromatic nitrogens is 2. The molecular weight excluding hydrogens is 284 g/mol. The van der Waals surface area contributed by atoms with E-state index in [4.69, 9.17) is 5.73 Å². The predicted molar refractivity (Wildman–Crippen MR) is 76.8 cm³/mol. The monoisotopic (exact) mass is 304 g/mol. The topological polar surface area (TPSA) is 81.2 Å². The van der Waals surface area contributed by atoms with Crippen molar-refractivity contribution in [2.75, 3.05) is 31.1 Å². The molecule has 108 valence electrons. The molecule has 2 N–H and O–H groups in total. The SMILES string of the molecule is Cc1nn(CCN)c(C)c1S(=O)(=O)N1CCSCC1. The van der Waals surface area contributed by atoms with Crippen LogP contribution in [0.2, 0.25) is 0 Å². The summed E-state index contributed by atoms with van der Waals surface area (Å²) in [6.45, 7) is 5.68. The van der Waals surface area contributed by atoms with Crippen LogP contribution in [-0.4, -0.2) is 53.6 Å². The van der Waals surface area contributed by atoms with Crippen molar-refractivity contribution in [1.29, 1.82) is 0 Å². The molecule has 2 heterocycles. The van der Waals surface area contributed by atoms with E-state index in [1.165, 1.54) is 0 Å². The van der Waals surface area contributed by atoms with Gasteiger partial charge in [-0.05, 0) is 13.8 Å². The Hall–Kier alpha value is -0.570. The largest absolute Gasteiger partial charge is 0.329 e. The van der Waals surface area contributed by atoms with Crippen LogP contribution in [0.25, 0.3) is 0 Å². The molecule has 1 aromatic heterocycles. The van der Waals surface area contributed by atoms with E-state index in [-0.39, 0.29) is 0 Å². The van der Waals surface area contributed by atoms with Gasteiger partial charge >= 0.3 is 0 Å². The van der Waals surface area contributed by atoms with Crippen LogP contribution in [0.15, 0.2) is 4.90 Å². The number of nitrogens with zero attached hydrogens (tertiary/aromatic N) is 3. The van der Waals surface area contributed by atoms with Crippen molar-refractivity contribution in [3.63, 3.8) is 0 Å². The van der Waals surface area contributed by atoms with E-state index in [1.54, 1.807) is 34.6 Å². The van der Waals surface area contributed by atoms with Crippen molar-refractivity contribution < 1.29 is 8.42 Å². The smallest absolute Gasteiger partial charge is 0.246 e. The number of nitrogens with two attached hydrogens (primary N) is 1. The van der Waals surface area contributed by atoms with Crippen LogP contribution in [0.4, 0.5) is 0 Å². The molecular formula is C11H20N4O2S2. The molecule has 2 rings (SSSR count). The number of rotatable bonds is 4. The highest BCUT2D eigenvalue weighted by atomic mass is 32.2. The van der Waals surface area contributed by atoms with E-state index in [2.05, 4.69) is 5.10 Å². The van der Waals surface area contributed by atoms with Gasteiger partial charge in [0.25, 0.3) is 0 Å². The van der Waals surface area contributed by atoms with Gasteiger partial charge < -0.3 is 5.73 Å². The first-order valence-electron chi connectivity index (χ1n) is 6.30. The molecule has 0 aromatic carbocycles. The summed E-state index contributed by atoms with van der Waals surface area (Å²) in [5, 5.41) is 4.29. The van der Waals surface area contributed by atoms with Gasteiger partial charge in [0.05, 0.1) is 17.9 Å². The fraction of sp³-hybridized carbons (Fsp3) is 0.727. The van der Waals surface area contributed by atoms with E-state index >= 15 is 0 Å². The minimum Gasteiger partial charge on any atom is -0.329 e. The fourth-order valence-corrected chi connectivity index (χ4v) is 5.26. The Morgan fingerprint density at radius 1 is 1.32 bits per heavy atom. The first kappa shape index (κ1) is 14.8. The molecule has 0 spiro atoms. The van der Waals surface area contributed by atoms with Crippen molar-refractivity contribution in [1.82, 2.24) is 14.1 Å². The van der Waals surface area contributed by atoms with Gasteiger partial charge in [-0.15, -0.1) is 0 Å². The quantitative estimate of drug-likeness (QED) is 0.859. The molecule has 1 aliphatic heterocycles. The Kier molecular flexibility index (Phi) is 4.54. The van der Waals surface area contributed by atoms with Gasteiger partial charge in [-0.2, -0.15) is 21.2 Å². The summed E-state index contributed by atoms with van der Waals surface area (Å²) in [6, 6.07) is 0. The molecule has 1 fully saturated rings. The van der Waals surface area contributed by atoms with Crippen LogP contribution in [0.1, 0.15) is 11.4 Å². The average molecular weight is 304 g/mol. The number of hydrogen-bond acceptors (Lipinski definition) is 5. The Labute approximate surface area is 118 Å². The minimum atomic E-state index is -3.43. The van der Waals surface area contributed by atoms with Crippen molar-refractivity contribution in [2.45, 2.75) is 25.3 Å². The predicted octanol–water partition coefficient (Wildman–Crippen LogP) is 0.196. The third kappa shape index (κ3) is 2.81. The second kappa shape index (κ2) is 5.82. The first-order valence-corrected chi connectivity index (χ1v) is 8.90. The third-order valence-electron chi connectivity index (χ3n) is 3.22. The van der Waals surface area contributed by atoms with E-state index in [1.807, 2.05) is 0 Å². The molecule has 0 aliphatic carbocycles. The second-order valence-electron chi connectivity index (χ2n) is 4.53. The molecule has 8 heteroatoms. The molecule has 0 amide bonds. The number of aryl methyl sites for hydroxylation is 1. The standard InChI is InChI=1S/C11H20N4O2S2/c1-9-11(10(2)15(13-9)4-3-12)19(16,17)14-5-7-18-8-6-14/h3-8,12H2,1-2H3. The number of sulfonamides is 1. The molecule has 6 nitrogen and oxygen atoms in total. The summed E-state index contributed by atoms with van der Waals surface area (Å²) in [4.78, 5) is 0.354. The van der Waals surface area contributed by atoms with Gasteiger partial charge in [0, 0.05) is 31.1 Å². The Balaban J connectivity index is 2.39. The molecule has 1 aromatic rings. The third-order valence-corrected chi connectivity index (χ3v) is 6.32. The molecule has 19 heavy (non-hydrogen) atoms. The van der Waals surface area contributed by atoms with Crippen LogP contribution in [-0.2, 0) is 16.6 Å². The fourth-order valence-electron chi connectivity index (χ4n) is 2.31. The minimum absolute atomic E-state index is 0.354. The Bertz CT molecular complexity index is 547. The molecule has 1 aliphatic rings. The lowest BCUT2D eigenvalue weighted by atomic mass is 10.4. The lowest BCUT2D eigenvalue weighted by Crippen LogP contribution is -2.38. The van der Waals surface area contributed by atoms with E-state index in [0.29, 0.717) is 42.5 Å². The molecule has 1 saturated heterocycles. The van der Waals surface area contributed by atoms with Gasteiger partial charge in [0.2, 0.25) is 10.0 Å².